The van der Waals surface area contributed by atoms with E-state index in [2.05, 4.69) is 15.0 Å². The number of hydrogen-bond acceptors (Lipinski definition) is 4. The van der Waals surface area contributed by atoms with Crippen molar-refractivity contribution in [1.82, 2.24) is 10.2 Å². The van der Waals surface area contributed by atoms with Gasteiger partial charge in [-0.3, -0.25) is 4.90 Å². The Morgan fingerprint density at radius 2 is 1.84 bits per heavy atom. The molecule has 0 radical (unpaired) electrons. The Hall–Kier alpha value is -1.47. The third-order valence-corrected chi connectivity index (χ3v) is 5.15. The molecule has 1 heterocycles. The van der Waals surface area contributed by atoms with Gasteiger partial charge in [0.25, 0.3) is 0 Å². The molecule has 25 heavy (non-hydrogen) atoms. The maximum atomic E-state index is 12.5. The van der Waals surface area contributed by atoms with E-state index >= 15 is 0 Å². The van der Waals surface area contributed by atoms with Crippen molar-refractivity contribution in [2.24, 2.45) is 5.92 Å². The number of methoxy groups -OCH3 is 1. The van der Waals surface area contributed by atoms with Gasteiger partial charge in [0.05, 0.1) is 7.11 Å². The zero-order valence-corrected chi connectivity index (χ0v) is 14.4. The number of rotatable bonds is 5. The Labute approximate surface area is 146 Å². The van der Waals surface area contributed by atoms with Gasteiger partial charge in [-0.2, -0.15) is 0 Å². The van der Waals surface area contributed by atoms with Gasteiger partial charge < -0.3 is 14.8 Å². The highest BCUT2D eigenvalue weighted by Gasteiger charge is 2.35. The first-order valence-electron chi connectivity index (χ1n) is 8.86. The largest absolute Gasteiger partial charge is 0.573 e. The second-order valence-corrected chi connectivity index (χ2v) is 6.73. The molecule has 140 valence electrons. The minimum atomic E-state index is -4.70. The van der Waals surface area contributed by atoms with E-state index in [9.17, 15) is 13.2 Å². The Morgan fingerprint density at radius 1 is 1.16 bits per heavy atom. The van der Waals surface area contributed by atoms with Gasteiger partial charge in [-0.15, -0.1) is 13.2 Å². The molecule has 4 nitrogen and oxygen atoms in total. The first kappa shape index (κ1) is 18.3. The lowest BCUT2D eigenvalue weighted by atomic mass is 9.89. The van der Waals surface area contributed by atoms with Gasteiger partial charge in [0, 0.05) is 43.9 Å². The Morgan fingerprint density at radius 3 is 2.44 bits per heavy atom. The molecule has 0 bridgehead atoms. The molecule has 0 aromatic heterocycles. The molecule has 0 spiro atoms. The molecule has 1 aromatic rings. The van der Waals surface area contributed by atoms with Crippen LogP contribution in [0.1, 0.15) is 37.3 Å². The van der Waals surface area contributed by atoms with Gasteiger partial charge in [-0.25, -0.2) is 0 Å². The van der Waals surface area contributed by atoms with Gasteiger partial charge >= 0.3 is 6.36 Å². The van der Waals surface area contributed by atoms with Crippen LogP contribution in [-0.4, -0.2) is 44.6 Å². The van der Waals surface area contributed by atoms with Gasteiger partial charge in [0.2, 0.25) is 0 Å². The van der Waals surface area contributed by atoms with Crippen molar-refractivity contribution in [2.75, 3.05) is 33.3 Å². The minimum absolute atomic E-state index is 0.180. The first-order valence-corrected chi connectivity index (χ1v) is 8.86. The van der Waals surface area contributed by atoms with Gasteiger partial charge in [0.1, 0.15) is 11.5 Å². The predicted octanol–water partition coefficient (Wildman–Crippen LogP) is 3.73. The second kappa shape index (κ2) is 7.83. The molecule has 1 aromatic carbocycles. The summed E-state index contributed by atoms with van der Waals surface area (Å²) < 4.78 is 47.0. The van der Waals surface area contributed by atoms with Crippen molar-refractivity contribution >= 4 is 0 Å². The maximum absolute atomic E-state index is 12.5. The van der Waals surface area contributed by atoms with E-state index in [1.54, 1.807) is 6.07 Å². The van der Waals surface area contributed by atoms with Crippen molar-refractivity contribution in [3.63, 3.8) is 0 Å². The van der Waals surface area contributed by atoms with Gasteiger partial charge in [-0.1, -0.05) is 18.9 Å². The van der Waals surface area contributed by atoms with Gasteiger partial charge in [-0.05, 0) is 24.8 Å². The predicted molar refractivity (Wildman–Crippen MR) is 88.8 cm³/mol. The normalized spacial score (nSPS) is 21.3. The number of hydrogen-bond donors (Lipinski definition) is 1. The molecule has 7 heteroatoms. The fraction of sp³-hybridized carbons (Fsp3) is 0.667. The summed E-state index contributed by atoms with van der Waals surface area (Å²) in [5, 5.41) is 3.36. The summed E-state index contributed by atoms with van der Waals surface area (Å²) in [6.45, 7) is 3.73. The molecular weight excluding hydrogens is 333 g/mol. The highest BCUT2D eigenvalue weighted by molar-refractivity contribution is 5.43. The fourth-order valence-corrected chi connectivity index (χ4v) is 4.12. The summed E-state index contributed by atoms with van der Waals surface area (Å²) in [4.78, 5) is 2.44. The molecule has 0 unspecified atom stereocenters. The Kier molecular flexibility index (Phi) is 5.74. The van der Waals surface area contributed by atoms with Crippen LogP contribution in [0.2, 0.25) is 0 Å². The third kappa shape index (κ3) is 4.58. The van der Waals surface area contributed by atoms with Gasteiger partial charge in [0.15, 0.2) is 0 Å². The van der Waals surface area contributed by atoms with Crippen molar-refractivity contribution in [3.05, 3.63) is 23.8 Å². The molecule has 2 fully saturated rings. The molecule has 1 saturated heterocycles. The van der Waals surface area contributed by atoms with Crippen LogP contribution >= 0.6 is 0 Å². The quantitative estimate of drug-likeness (QED) is 0.870. The molecule has 1 N–H and O–H groups in total. The lowest BCUT2D eigenvalue weighted by Crippen LogP contribution is -2.46. The molecular formula is C18H25F3N2O2. The van der Waals surface area contributed by atoms with Crippen LogP contribution in [-0.2, 0) is 0 Å². The Bertz CT molecular complexity index is 568. The summed E-state index contributed by atoms with van der Waals surface area (Å²) in [6, 6.07) is 4.67. The summed E-state index contributed by atoms with van der Waals surface area (Å²) in [6.07, 6.45) is 0.0305. The highest BCUT2D eigenvalue weighted by atomic mass is 19.4. The smallest absolute Gasteiger partial charge is 0.496 e. The molecule has 1 saturated carbocycles. The van der Waals surface area contributed by atoms with Crippen molar-refractivity contribution < 1.29 is 22.6 Å². The minimum Gasteiger partial charge on any atom is -0.496 e. The van der Waals surface area contributed by atoms with E-state index < -0.39 is 6.36 Å². The highest BCUT2D eigenvalue weighted by Crippen LogP contribution is 2.43. The second-order valence-electron chi connectivity index (χ2n) is 6.73. The third-order valence-electron chi connectivity index (χ3n) is 5.15. The van der Waals surface area contributed by atoms with E-state index in [-0.39, 0.29) is 11.8 Å². The topological polar surface area (TPSA) is 33.7 Å². The first-order chi connectivity index (χ1) is 12.0. The number of alkyl halides is 3. The monoisotopic (exact) mass is 358 g/mol. The number of benzene rings is 1. The lowest BCUT2D eigenvalue weighted by molar-refractivity contribution is -0.274. The summed E-state index contributed by atoms with van der Waals surface area (Å²) >= 11 is 0. The zero-order valence-electron chi connectivity index (χ0n) is 14.4. The number of piperazine rings is 1. The molecule has 3 rings (SSSR count). The molecule has 1 aliphatic carbocycles. The van der Waals surface area contributed by atoms with Crippen LogP contribution in [0.4, 0.5) is 13.2 Å². The van der Waals surface area contributed by atoms with Crippen molar-refractivity contribution in [1.29, 1.82) is 0 Å². The molecule has 2 aliphatic rings. The Balaban J connectivity index is 1.90. The maximum Gasteiger partial charge on any atom is 0.573 e. The summed E-state index contributed by atoms with van der Waals surface area (Å²) in [5.74, 6) is 0.747. The van der Waals surface area contributed by atoms with Crippen LogP contribution in [0.5, 0.6) is 11.5 Å². The molecule has 1 atom stereocenters. The standard InChI is InChI=1S/C18H25F3N2O2/c1-24-16-12-14(25-18(19,20)21)6-7-15(16)17(13-4-2-3-5-13)23-10-8-22-9-11-23/h6-7,12-13,17,22H,2-5,8-11H2,1H3/t17-/m1/s1. The lowest BCUT2D eigenvalue weighted by Gasteiger charge is -2.39. The SMILES string of the molecule is COc1cc(OC(F)(F)F)ccc1[C@@H](C1CCCC1)N1CCNCC1. The molecule has 0 amide bonds. The number of nitrogens with one attached hydrogen (secondary N) is 1. The average Bonchev–Trinajstić information content (AvgIpc) is 3.10. The molecule has 1 aliphatic heterocycles. The van der Waals surface area contributed by atoms with Crippen LogP contribution in [0.25, 0.3) is 0 Å². The van der Waals surface area contributed by atoms with Crippen molar-refractivity contribution in [3.8, 4) is 11.5 Å². The van der Waals surface area contributed by atoms with Crippen LogP contribution < -0.4 is 14.8 Å². The van der Waals surface area contributed by atoms with E-state index in [1.165, 1.54) is 32.1 Å². The number of halogens is 3. The van der Waals surface area contributed by atoms with E-state index in [0.29, 0.717) is 11.7 Å². The number of ether oxygens (including phenoxy) is 2. The summed E-state index contributed by atoms with van der Waals surface area (Å²) in [7, 11) is 1.50. The fourth-order valence-electron chi connectivity index (χ4n) is 4.12. The van der Waals surface area contributed by atoms with Crippen LogP contribution in [0.3, 0.4) is 0 Å². The van der Waals surface area contributed by atoms with Crippen LogP contribution in [0.15, 0.2) is 18.2 Å². The van der Waals surface area contributed by atoms with E-state index in [0.717, 1.165) is 44.6 Å². The van der Waals surface area contributed by atoms with Crippen molar-refractivity contribution in [2.45, 2.75) is 38.1 Å². The van der Waals surface area contributed by atoms with E-state index in [1.807, 2.05) is 0 Å². The van der Waals surface area contributed by atoms with Crippen LogP contribution in [0, 0.1) is 5.92 Å². The zero-order chi connectivity index (χ0) is 17.9. The average molecular weight is 358 g/mol. The number of nitrogens with zero attached hydrogens (tertiary/aromatic N) is 1. The van der Waals surface area contributed by atoms with E-state index in [4.69, 9.17) is 4.74 Å². The summed E-state index contributed by atoms with van der Waals surface area (Å²) in [5.41, 5.74) is 0.964.